The van der Waals surface area contributed by atoms with Crippen molar-refractivity contribution in [2.24, 2.45) is 4.99 Å². The van der Waals surface area contributed by atoms with Gasteiger partial charge in [-0.3, -0.25) is 4.99 Å². The molecule has 0 aliphatic carbocycles. The molecule has 1 unspecified atom stereocenters. The minimum atomic E-state index is -2.90. The zero-order valence-corrected chi connectivity index (χ0v) is 18.2. The van der Waals surface area contributed by atoms with E-state index in [4.69, 9.17) is 0 Å². The topological polar surface area (TPSA) is 70.6 Å². The maximum atomic E-state index is 13.5. The number of nitrogens with one attached hydrogen (secondary N) is 2. The first-order valence-corrected chi connectivity index (χ1v) is 11.0. The lowest BCUT2D eigenvalue weighted by Gasteiger charge is -2.15. The van der Waals surface area contributed by atoms with Crippen LogP contribution in [0.25, 0.3) is 0 Å². The molecule has 1 aliphatic rings. The van der Waals surface area contributed by atoms with Crippen LogP contribution in [0.3, 0.4) is 0 Å². The number of hydrogen-bond acceptors (Lipinski definition) is 4. The van der Waals surface area contributed by atoms with Crippen molar-refractivity contribution in [3.8, 4) is 0 Å². The van der Waals surface area contributed by atoms with Gasteiger partial charge in [-0.05, 0) is 25.0 Å². The molecule has 0 spiro atoms. The lowest BCUT2D eigenvalue weighted by molar-refractivity contribution is 0.599. The molecule has 1 aromatic carbocycles. The predicted octanol–water partition coefficient (Wildman–Crippen LogP) is 2.42. The van der Waals surface area contributed by atoms with Gasteiger partial charge in [-0.15, -0.1) is 24.0 Å². The number of sulfone groups is 1. The zero-order chi connectivity index (χ0) is 17.4. The molecule has 2 rings (SSSR count). The highest BCUT2D eigenvalue weighted by molar-refractivity contribution is 14.0. The van der Waals surface area contributed by atoms with Crippen LogP contribution in [-0.2, 0) is 15.6 Å². The van der Waals surface area contributed by atoms with Crippen molar-refractivity contribution in [2.45, 2.75) is 25.1 Å². The van der Waals surface area contributed by atoms with Gasteiger partial charge in [-0.2, -0.15) is 11.8 Å². The molecule has 9 heteroatoms. The normalized spacial score (nSPS) is 19.3. The molecule has 1 saturated heterocycles. The van der Waals surface area contributed by atoms with E-state index in [1.165, 1.54) is 6.07 Å². The third-order valence-electron chi connectivity index (χ3n) is 3.64. The average molecular weight is 501 g/mol. The molecule has 1 aliphatic heterocycles. The van der Waals surface area contributed by atoms with Gasteiger partial charge in [-0.1, -0.05) is 18.2 Å². The molecular weight excluding hydrogens is 476 g/mol. The largest absolute Gasteiger partial charge is 0.357 e. The van der Waals surface area contributed by atoms with Crippen LogP contribution in [0.4, 0.5) is 4.39 Å². The molecule has 5 nitrogen and oxygen atoms in total. The molecule has 0 radical (unpaired) electrons. The van der Waals surface area contributed by atoms with Gasteiger partial charge in [0.1, 0.15) is 5.82 Å². The second kappa shape index (κ2) is 11.2. The molecule has 1 atom stereocenters. The van der Waals surface area contributed by atoms with Gasteiger partial charge in [0.25, 0.3) is 0 Å². The Kier molecular flexibility index (Phi) is 10.1. The van der Waals surface area contributed by atoms with Crippen molar-refractivity contribution >= 4 is 51.5 Å². The van der Waals surface area contributed by atoms with Gasteiger partial charge in [0, 0.05) is 24.1 Å². The molecule has 142 valence electrons. The van der Waals surface area contributed by atoms with Crippen LogP contribution in [0.15, 0.2) is 29.3 Å². The first kappa shape index (κ1) is 22.5. The van der Waals surface area contributed by atoms with Crippen LogP contribution in [0.5, 0.6) is 0 Å². The fourth-order valence-electron chi connectivity index (χ4n) is 2.44. The summed E-state index contributed by atoms with van der Waals surface area (Å²) in [6.07, 6.45) is 0.620. The first-order chi connectivity index (χ1) is 11.5. The summed E-state index contributed by atoms with van der Waals surface area (Å²) < 4.78 is 36.5. The minimum absolute atomic E-state index is 0. The fraction of sp³-hybridized carbons (Fsp3) is 0.562. The van der Waals surface area contributed by atoms with E-state index in [0.29, 0.717) is 36.8 Å². The summed E-state index contributed by atoms with van der Waals surface area (Å²) in [5, 5.41) is 6.31. The third-order valence-corrected chi connectivity index (χ3v) is 6.39. The molecule has 25 heavy (non-hydrogen) atoms. The third kappa shape index (κ3) is 8.12. The van der Waals surface area contributed by atoms with E-state index in [9.17, 15) is 12.8 Å². The lowest BCUT2D eigenvalue weighted by Crippen LogP contribution is -2.44. The number of hydrogen-bond donors (Lipinski definition) is 2. The number of benzene rings is 1. The van der Waals surface area contributed by atoms with Gasteiger partial charge >= 0.3 is 0 Å². The van der Waals surface area contributed by atoms with Gasteiger partial charge in [0.15, 0.2) is 15.8 Å². The van der Waals surface area contributed by atoms with Gasteiger partial charge < -0.3 is 10.6 Å². The Balaban J connectivity index is 0.00000312. The highest BCUT2D eigenvalue weighted by Gasteiger charge is 2.28. The molecule has 1 fully saturated rings. The molecule has 0 amide bonds. The second-order valence-electron chi connectivity index (χ2n) is 5.65. The summed E-state index contributed by atoms with van der Waals surface area (Å²) >= 11 is 1.62. The van der Waals surface area contributed by atoms with E-state index in [-0.39, 0.29) is 47.3 Å². The smallest absolute Gasteiger partial charge is 0.191 e. The van der Waals surface area contributed by atoms with Gasteiger partial charge in [0.2, 0.25) is 0 Å². The van der Waals surface area contributed by atoms with Crippen LogP contribution >= 0.6 is 35.7 Å². The Hall–Kier alpha value is -0.550. The van der Waals surface area contributed by atoms with Crippen molar-refractivity contribution in [1.82, 2.24) is 10.6 Å². The van der Waals surface area contributed by atoms with E-state index in [1.54, 1.807) is 23.9 Å². The Bertz CT molecular complexity index is 671. The molecule has 1 aromatic rings. The fourth-order valence-corrected chi connectivity index (χ4v) is 4.93. The van der Waals surface area contributed by atoms with Gasteiger partial charge in [-0.25, -0.2) is 12.8 Å². The maximum Gasteiger partial charge on any atom is 0.191 e. The number of thioether (sulfide) groups is 1. The van der Waals surface area contributed by atoms with E-state index < -0.39 is 9.84 Å². The Morgan fingerprint density at radius 3 is 2.80 bits per heavy atom. The number of halogens is 2. The van der Waals surface area contributed by atoms with E-state index >= 15 is 0 Å². The summed E-state index contributed by atoms with van der Waals surface area (Å²) in [6.45, 7) is 3.27. The molecule has 0 saturated carbocycles. The highest BCUT2D eigenvalue weighted by Crippen LogP contribution is 2.15. The van der Waals surface area contributed by atoms with Crippen LogP contribution < -0.4 is 10.6 Å². The Morgan fingerprint density at radius 1 is 1.40 bits per heavy atom. The van der Waals surface area contributed by atoms with Crippen LogP contribution in [0.2, 0.25) is 0 Å². The van der Waals surface area contributed by atoms with E-state index in [1.807, 2.05) is 13.0 Å². The summed E-state index contributed by atoms with van der Waals surface area (Å²) in [5.74, 6) is 2.26. The van der Waals surface area contributed by atoms with Crippen molar-refractivity contribution in [3.05, 3.63) is 35.6 Å². The summed E-state index contributed by atoms with van der Waals surface area (Å²) in [5.41, 5.74) is 0.702. The van der Waals surface area contributed by atoms with Gasteiger partial charge in [0.05, 0.1) is 18.1 Å². The maximum absolute atomic E-state index is 13.5. The molecular formula is C16H25FIN3O2S2. The quantitative estimate of drug-likeness (QED) is 0.260. The SMILES string of the molecule is CCNC(=NCCSCc1ccccc1F)NC1CCS(=O)(=O)C1.I. The van der Waals surface area contributed by atoms with E-state index in [2.05, 4.69) is 15.6 Å². The minimum Gasteiger partial charge on any atom is -0.357 e. The summed E-state index contributed by atoms with van der Waals surface area (Å²) in [7, 11) is -2.90. The number of aliphatic imine (C=N–C) groups is 1. The van der Waals surface area contributed by atoms with Crippen LogP contribution in [0.1, 0.15) is 18.9 Å². The standard InChI is InChI=1S/C16H24FN3O2S2.HI/c1-2-18-16(20-14-7-10-24(21,22)12-14)19-8-9-23-11-13-5-3-4-6-15(13)17;/h3-6,14H,2,7-12H2,1H3,(H2,18,19,20);1H. The summed E-state index contributed by atoms with van der Waals surface area (Å²) in [4.78, 5) is 4.46. The van der Waals surface area contributed by atoms with Crippen molar-refractivity contribution in [2.75, 3.05) is 30.3 Å². The first-order valence-electron chi connectivity index (χ1n) is 8.06. The average Bonchev–Trinajstić information content (AvgIpc) is 2.87. The number of guanidine groups is 1. The van der Waals surface area contributed by atoms with E-state index in [0.717, 1.165) is 5.75 Å². The van der Waals surface area contributed by atoms with Crippen molar-refractivity contribution in [3.63, 3.8) is 0 Å². The molecule has 2 N–H and O–H groups in total. The van der Waals surface area contributed by atoms with Crippen LogP contribution in [-0.4, -0.2) is 50.8 Å². The van der Waals surface area contributed by atoms with Crippen LogP contribution in [0, 0.1) is 5.82 Å². The highest BCUT2D eigenvalue weighted by atomic mass is 127. The van der Waals surface area contributed by atoms with Crippen molar-refractivity contribution < 1.29 is 12.8 Å². The predicted molar refractivity (Wildman–Crippen MR) is 114 cm³/mol. The second-order valence-corrected chi connectivity index (χ2v) is 8.98. The lowest BCUT2D eigenvalue weighted by atomic mass is 10.2. The number of nitrogens with zero attached hydrogens (tertiary/aromatic N) is 1. The molecule has 0 aromatic heterocycles. The number of rotatable bonds is 7. The van der Waals surface area contributed by atoms with Crippen molar-refractivity contribution in [1.29, 1.82) is 0 Å². The summed E-state index contributed by atoms with van der Waals surface area (Å²) in [6, 6.07) is 6.71. The molecule has 0 bridgehead atoms. The monoisotopic (exact) mass is 501 g/mol. The Labute approximate surface area is 170 Å². The Morgan fingerprint density at radius 2 is 2.16 bits per heavy atom. The zero-order valence-electron chi connectivity index (χ0n) is 14.2. The molecule has 1 heterocycles.